The molecule has 13 heteroatoms. The Bertz CT molecular complexity index is 544. The average Bonchev–Trinajstić information content (AvgIpc) is 2.43. The van der Waals surface area contributed by atoms with Crippen LogP contribution >= 0.6 is 0 Å². The quantitative estimate of drug-likeness (QED) is 0.468. The maximum absolute atomic E-state index is 10.8. The van der Waals surface area contributed by atoms with Gasteiger partial charge in [-0.1, -0.05) is 6.07 Å². The highest BCUT2D eigenvalue weighted by Gasteiger charge is 2.29. The van der Waals surface area contributed by atoms with Gasteiger partial charge in [-0.2, -0.15) is 0 Å². The molecule has 0 aliphatic rings. The zero-order chi connectivity index (χ0) is 17.3. The number of hydrogen-bond acceptors (Lipinski definition) is 9. The highest BCUT2D eigenvalue weighted by Crippen LogP contribution is 2.35. The normalized spacial score (nSPS) is 10.8. The Labute approximate surface area is 121 Å². The molecular formula is C9H11N3O10. The van der Waals surface area contributed by atoms with Gasteiger partial charge in [0.05, 0.1) is 16.5 Å². The standard InChI is InChI=1S/C9H10N2O7.HNO3/c12-4-6(13)5-18-8-3-1-2-7(10(14)15)9(8)11(16)17;2-1(3)4/h1-3,6,12-13H,4-5H2;(H,2,3,4). The summed E-state index contributed by atoms with van der Waals surface area (Å²) in [6, 6.07) is 3.38. The van der Waals surface area contributed by atoms with Crippen LogP contribution in [0.4, 0.5) is 11.4 Å². The second-order valence-corrected chi connectivity index (χ2v) is 3.52. The molecule has 1 rings (SSSR count). The van der Waals surface area contributed by atoms with Crippen molar-refractivity contribution in [2.45, 2.75) is 6.10 Å². The van der Waals surface area contributed by atoms with Crippen LogP contribution in [0.1, 0.15) is 0 Å². The molecule has 0 aromatic heterocycles. The van der Waals surface area contributed by atoms with Crippen molar-refractivity contribution in [3.63, 3.8) is 0 Å². The lowest BCUT2D eigenvalue weighted by Gasteiger charge is -2.09. The molecule has 0 fully saturated rings. The fourth-order valence-corrected chi connectivity index (χ4v) is 1.20. The van der Waals surface area contributed by atoms with Crippen LogP contribution in [0.25, 0.3) is 0 Å². The van der Waals surface area contributed by atoms with Crippen molar-refractivity contribution in [3.8, 4) is 5.75 Å². The third-order valence-corrected chi connectivity index (χ3v) is 2.00. The summed E-state index contributed by atoms with van der Waals surface area (Å²) in [4.78, 5) is 27.9. The van der Waals surface area contributed by atoms with Crippen LogP contribution in [-0.2, 0) is 0 Å². The first kappa shape index (κ1) is 18.9. The van der Waals surface area contributed by atoms with Crippen molar-refractivity contribution >= 4 is 11.4 Å². The second-order valence-electron chi connectivity index (χ2n) is 3.52. The van der Waals surface area contributed by atoms with Crippen molar-refractivity contribution < 1.29 is 35.1 Å². The van der Waals surface area contributed by atoms with Crippen LogP contribution in [0, 0.1) is 30.3 Å². The molecule has 1 aromatic rings. The topological polar surface area (TPSA) is 199 Å². The maximum Gasteiger partial charge on any atom is 0.387 e. The number of hydrogen-bond donors (Lipinski definition) is 3. The van der Waals surface area contributed by atoms with E-state index in [1.807, 2.05) is 0 Å². The number of benzene rings is 1. The van der Waals surface area contributed by atoms with Gasteiger partial charge in [0, 0.05) is 6.07 Å². The first-order valence-corrected chi connectivity index (χ1v) is 5.37. The summed E-state index contributed by atoms with van der Waals surface area (Å²) in [6.07, 6.45) is -1.22. The number of nitro benzene ring substituents is 2. The van der Waals surface area contributed by atoms with Crippen molar-refractivity contribution in [1.82, 2.24) is 0 Å². The van der Waals surface area contributed by atoms with Gasteiger partial charge in [-0.25, -0.2) is 0 Å². The van der Waals surface area contributed by atoms with Gasteiger partial charge < -0.3 is 20.2 Å². The van der Waals surface area contributed by atoms with Gasteiger partial charge in [-0.15, -0.1) is 10.1 Å². The largest absolute Gasteiger partial charge is 0.484 e. The lowest BCUT2D eigenvalue weighted by atomic mass is 10.2. The minimum Gasteiger partial charge on any atom is -0.484 e. The fourth-order valence-electron chi connectivity index (χ4n) is 1.20. The Morgan fingerprint density at radius 3 is 2.09 bits per heavy atom. The summed E-state index contributed by atoms with van der Waals surface area (Å²) in [5.74, 6) is -0.332. The van der Waals surface area contributed by atoms with E-state index in [9.17, 15) is 20.2 Å². The molecule has 0 amide bonds. The molecule has 0 heterocycles. The van der Waals surface area contributed by atoms with E-state index in [0.29, 0.717) is 0 Å². The monoisotopic (exact) mass is 321 g/mol. The molecule has 3 N–H and O–H groups in total. The summed E-state index contributed by atoms with van der Waals surface area (Å²) in [5, 5.41) is 52.6. The minimum absolute atomic E-state index is 0.332. The first-order valence-electron chi connectivity index (χ1n) is 5.37. The number of nitrogens with zero attached hydrogens (tertiary/aromatic N) is 3. The summed E-state index contributed by atoms with van der Waals surface area (Å²) < 4.78 is 4.89. The molecule has 0 radical (unpaired) electrons. The Balaban J connectivity index is 0.000000980. The highest BCUT2D eigenvalue weighted by molar-refractivity contribution is 5.61. The fraction of sp³-hybridized carbons (Fsp3) is 0.333. The van der Waals surface area contributed by atoms with Crippen LogP contribution in [0.2, 0.25) is 0 Å². The Kier molecular flexibility index (Phi) is 7.73. The molecule has 122 valence electrons. The van der Waals surface area contributed by atoms with Crippen molar-refractivity contribution in [2.24, 2.45) is 0 Å². The first-order chi connectivity index (χ1) is 10.2. The van der Waals surface area contributed by atoms with Gasteiger partial charge in [-0.05, 0) is 6.07 Å². The Morgan fingerprint density at radius 1 is 1.14 bits per heavy atom. The lowest BCUT2D eigenvalue weighted by Crippen LogP contribution is -2.21. The molecule has 1 atom stereocenters. The van der Waals surface area contributed by atoms with E-state index in [4.69, 9.17) is 30.3 Å². The minimum atomic E-state index is -1.50. The van der Waals surface area contributed by atoms with Crippen LogP contribution in [-0.4, -0.2) is 49.7 Å². The van der Waals surface area contributed by atoms with Crippen LogP contribution in [0.15, 0.2) is 18.2 Å². The van der Waals surface area contributed by atoms with Gasteiger partial charge in [-0.3, -0.25) is 20.2 Å². The summed E-state index contributed by atoms with van der Waals surface area (Å²) >= 11 is 0. The molecule has 0 bridgehead atoms. The van der Waals surface area contributed by atoms with Crippen LogP contribution < -0.4 is 4.74 Å². The van der Waals surface area contributed by atoms with Crippen molar-refractivity contribution in [2.75, 3.05) is 13.2 Å². The van der Waals surface area contributed by atoms with Crippen LogP contribution in [0.3, 0.4) is 0 Å². The molecule has 0 saturated carbocycles. The summed E-state index contributed by atoms with van der Waals surface area (Å²) in [7, 11) is 0. The number of aliphatic hydroxyl groups is 2. The Hall–Kier alpha value is -3.06. The zero-order valence-corrected chi connectivity index (χ0v) is 10.8. The number of rotatable bonds is 6. The zero-order valence-electron chi connectivity index (χ0n) is 10.8. The number of ether oxygens (including phenoxy) is 1. The third kappa shape index (κ3) is 6.40. The van der Waals surface area contributed by atoms with E-state index >= 15 is 0 Å². The highest BCUT2D eigenvalue weighted by atomic mass is 16.9. The molecular weight excluding hydrogens is 310 g/mol. The van der Waals surface area contributed by atoms with E-state index in [1.54, 1.807) is 0 Å². The average molecular weight is 321 g/mol. The van der Waals surface area contributed by atoms with Gasteiger partial charge in [0.25, 0.3) is 5.09 Å². The second kappa shape index (κ2) is 8.98. The molecule has 1 aromatic carbocycles. The van der Waals surface area contributed by atoms with E-state index < -0.39 is 45.6 Å². The summed E-state index contributed by atoms with van der Waals surface area (Å²) in [5.41, 5.74) is -1.48. The molecule has 0 aliphatic heterocycles. The molecule has 13 nitrogen and oxygen atoms in total. The number of para-hydroxylation sites is 1. The molecule has 0 saturated heterocycles. The van der Waals surface area contributed by atoms with Gasteiger partial charge in [0.1, 0.15) is 12.7 Å². The third-order valence-electron chi connectivity index (χ3n) is 2.00. The number of nitro groups is 2. The predicted molar refractivity (Wildman–Crippen MR) is 67.1 cm³/mol. The molecule has 0 aliphatic carbocycles. The van der Waals surface area contributed by atoms with Gasteiger partial charge in [0.15, 0.2) is 0 Å². The van der Waals surface area contributed by atoms with Crippen molar-refractivity contribution in [1.29, 1.82) is 0 Å². The van der Waals surface area contributed by atoms with E-state index in [-0.39, 0.29) is 5.75 Å². The predicted octanol–water partition coefficient (Wildman–Crippen LogP) is -0.113. The molecule has 0 spiro atoms. The summed E-state index contributed by atoms with van der Waals surface area (Å²) in [6.45, 7) is -0.985. The van der Waals surface area contributed by atoms with Crippen molar-refractivity contribution in [3.05, 3.63) is 48.5 Å². The lowest BCUT2D eigenvalue weighted by molar-refractivity contribution is -0.742. The van der Waals surface area contributed by atoms with E-state index in [2.05, 4.69) is 0 Å². The molecule has 1 unspecified atom stereocenters. The van der Waals surface area contributed by atoms with E-state index in [1.165, 1.54) is 12.1 Å². The van der Waals surface area contributed by atoms with Crippen LogP contribution in [0.5, 0.6) is 5.75 Å². The number of aliphatic hydroxyl groups excluding tert-OH is 2. The Morgan fingerprint density at radius 2 is 1.68 bits per heavy atom. The molecule has 22 heavy (non-hydrogen) atoms. The van der Waals surface area contributed by atoms with Gasteiger partial charge >= 0.3 is 11.4 Å². The smallest absolute Gasteiger partial charge is 0.387 e. The maximum atomic E-state index is 10.8. The van der Waals surface area contributed by atoms with Gasteiger partial charge in [0.2, 0.25) is 5.75 Å². The van der Waals surface area contributed by atoms with E-state index in [0.717, 1.165) is 6.07 Å². The SMILES string of the molecule is O=[N+]([O-])O.O=[N+]([O-])c1cccc(OCC(O)CO)c1[N+](=O)[O-].